The second-order valence-electron chi connectivity index (χ2n) is 5.40. The maximum Gasteiger partial charge on any atom is 0.211 e. The topological polar surface area (TPSA) is 43.6 Å². The number of benzene rings is 2. The van der Waals surface area contributed by atoms with Crippen molar-refractivity contribution in [1.29, 1.82) is 0 Å². The van der Waals surface area contributed by atoms with Gasteiger partial charge in [0.05, 0.1) is 5.52 Å². The Kier molecular flexibility index (Phi) is 3.97. The molecule has 0 radical (unpaired) electrons. The van der Waals surface area contributed by atoms with Crippen LogP contribution in [0.15, 0.2) is 52.1 Å². The molecule has 0 spiro atoms. The van der Waals surface area contributed by atoms with Gasteiger partial charge in [-0.05, 0) is 35.9 Å². The quantitative estimate of drug-likeness (QED) is 0.465. The minimum Gasteiger partial charge on any atom is -0.327 e. The first-order valence-corrected chi connectivity index (χ1v) is 9.05. The molecule has 4 nitrogen and oxygen atoms in total. The predicted molar refractivity (Wildman–Crippen MR) is 97.5 cm³/mol. The molecule has 0 amide bonds. The van der Waals surface area contributed by atoms with E-state index in [1.807, 2.05) is 29.8 Å². The number of aryl methyl sites for hydroxylation is 1. The Balaban J connectivity index is 1.69. The van der Waals surface area contributed by atoms with E-state index in [1.165, 1.54) is 23.9 Å². The normalized spacial score (nSPS) is 11.5. The van der Waals surface area contributed by atoms with Gasteiger partial charge in [0.15, 0.2) is 5.65 Å². The minimum atomic E-state index is -0.232. The number of fused-ring (bicyclic) bond motifs is 3. The highest BCUT2D eigenvalue weighted by atomic mass is 79.9. The van der Waals surface area contributed by atoms with Crippen molar-refractivity contribution < 1.29 is 4.39 Å². The molecule has 0 fully saturated rings. The van der Waals surface area contributed by atoms with Crippen LogP contribution in [0.1, 0.15) is 5.56 Å². The fourth-order valence-corrected chi connectivity index (χ4v) is 3.70. The first-order valence-electron chi connectivity index (χ1n) is 7.27. The zero-order valence-corrected chi connectivity index (χ0v) is 15.1. The van der Waals surface area contributed by atoms with Gasteiger partial charge in [0.1, 0.15) is 11.3 Å². The van der Waals surface area contributed by atoms with E-state index in [4.69, 9.17) is 0 Å². The van der Waals surface area contributed by atoms with Crippen LogP contribution in [-0.2, 0) is 12.8 Å². The number of hydrogen-bond acceptors (Lipinski definition) is 4. The molecule has 0 aliphatic heterocycles. The maximum absolute atomic E-state index is 13.0. The second-order valence-corrected chi connectivity index (χ2v) is 7.26. The van der Waals surface area contributed by atoms with Crippen molar-refractivity contribution in [3.05, 3.63) is 58.3 Å². The second kappa shape index (κ2) is 6.14. The molecule has 120 valence electrons. The van der Waals surface area contributed by atoms with Gasteiger partial charge in [-0.15, -0.1) is 10.2 Å². The summed E-state index contributed by atoms with van der Waals surface area (Å²) in [5.74, 6) is 0.438. The molecule has 2 heterocycles. The van der Waals surface area contributed by atoms with Gasteiger partial charge >= 0.3 is 0 Å². The molecule has 0 saturated carbocycles. The van der Waals surface area contributed by atoms with Crippen LogP contribution in [0, 0.1) is 5.82 Å². The lowest BCUT2D eigenvalue weighted by molar-refractivity contribution is 0.627. The van der Waals surface area contributed by atoms with Crippen LogP contribution in [0.3, 0.4) is 0 Å². The summed E-state index contributed by atoms with van der Waals surface area (Å²) >= 11 is 4.98. The summed E-state index contributed by atoms with van der Waals surface area (Å²) in [4.78, 5) is 4.64. The van der Waals surface area contributed by atoms with Crippen LogP contribution in [0.5, 0.6) is 0 Å². The van der Waals surface area contributed by atoms with Crippen molar-refractivity contribution in [2.45, 2.75) is 10.9 Å². The molecule has 4 rings (SSSR count). The highest BCUT2D eigenvalue weighted by Crippen LogP contribution is 2.29. The number of hydrogen-bond donors (Lipinski definition) is 0. The molecular formula is C17H12BrFN4S. The molecule has 2 aromatic carbocycles. The van der Waals surface area contributed by atoms with Gasteiger partial charge in [-0.3, -0.25) is 0 Å². The van der Waals surface area contributed by atoms with Crippen molar-refractivity contribution in [1.82, 2.24) is 19.7 Å². The summed E-state index contributed by atoms with van der Waals surface area (Å²) in [6.07, 6.45) is 0. The first kappa shape index (κ1) is 15.5. The van der Waals surface area contributed by atoms with Gasteiger partial charge in [-0.25, -0.2) is 9.37 Å². The van der Waals surface area contributed by atoms with Crippen molar-refractivity contribution in [2.24, 2.45) is 7.05 Å². The van der Waals surface area contributed by atoms with Gasteiger partial charge in [-0.2, -0.15) is 0 Å². The molecule has 2 aromatic heterocycles. The number of halogens is 2. The number of nitrogens with zero attached hydrogens (tertiary/aromatic N) is 4. The Hall–Kier alpha value is -1.99. The van der Waals surface area contributed by atoms with Gasteiger partial charge in [0, 0.05) is 22.7 Å². The van der Waals surface area contributed by atoms with Crippen molar-refractivity contribution >= 4 is 49.8 Å². The smallest absolute Gasteiger partial charge is 0.211 e. The first-order chi connectivity index (χ1) is 11.6. The zero-order chi connectivity index (χ0) is 16.7. The summed E-state index contributed by atoms with van der Waals surface area (Å²) in [5.41, 5.74) is 3.68. The van der Waals surface area contributed by atoms with Crippen LogP contribution in [0.25, 0.3) is 22.1 Å². The molecule has 4 aromatic rings. The van der Waals surface area contributed by atoms with E-state index in [-0.39, 0.29) is 5.82 Å². The van der Waals surface area contributed by atoms with E-state index in [0.29, 0.717) is 10.9 Å². The van der Waals surface area contributed by atoms with Crippen LogP contribution in [-0.4, -0.2) is 19.7 Å². The number of rotatable bonds is 3. The predicted octanol–water partition coefficient (Wildman–Crippen LogP) is 4.71. The van der Waals surface area contributed by atoms with E-state index < -0.39 is 0 Å². The molecular weight excluding hydrogens is 391 g/mol. The van der Waals surface area contributed by atoms with Crippen molar-refractivity contribution in [3.63, 3.8) is 0 Å². The molecule has 0 N–H and O–H groups in total. The molecule has 0 aliphatic rings. The third-order valence-corrected chi connectivity index (χ3v) is 5.22. The molecule has 0 saturated heterocycles. The highest BCUT2D eigenvalue weighted by molar-refractivity contribution is 9.10. The number of aromatic nitrogens is 4. The maximum atomic E-state index is 13.0. The van der Waals surface area contributed by atoms with Crippen LogP contribution in [0.2, 0.25) is 0 Å². The summed E-state index contributed by atoms with van der Waals surface area (Å²) in [6.45, 7) is 0. The Labute approximate surface area is 150 Å². The molecule has 0 unspecified atom stereocenters. The Bertz CT molecular complexity index is 1050. The summed E-state index contributed by atoms with van der Waals surface area (Å²) < 4.78 is 16.0. The van der Waals surface area contributed by atoms with Gasteiger partial charge in [0.25, 0.3) is 0 Å². The van der Waals surface area contributed by atoms with Gasteiger partial charge < -0.3 is 4.57 Å². The lowest BCUT2D eigenvalue weighted by Crippen LogP contribution is -1.95. The lowest BCUT2D eigenvalue weighted by atomic mass is 10.2. The van der Waals surface area contributed by atoms with Crippen molar-refractivity contribution in [2.75, 3.05) is 0 Å². The van der Waals surface area contributed by atoms with Gasteiger partial charge in [0.2, 0.25) is 5.16 Å². The average Bonchev–Trinajstić information content (AvgIpc) is 2.86. The monoisotopic (exact) mass is 402 g/mol. The molecule has 7 heteroatoms. The standard InChI is InChI=1S/C17H12BrFN4S/c1-23-14-7-4-11(18)8-13(14)15-16(23)20-17(22-21-15)24-9-10-2-5-12(19)6-3-10/h2-8H,9H2,1H3. The molecule has 0 atom stereocenters. The Morgan fingerprint density at radius 3 is 2.71 bits per heavy atom. The van der Waals surface area contributed by atoms with E-state index in [0.717, 1.165) is 32.1 Å². The summed E-state index contributed by atoms with van der Waals surface area (Å²) in [7, 11) is 1.97. The molecule has 0 bridgehead atoms. The van der Waals surface area contributed by atoms with E-state index >= 15 is 0 Å². The zero-order valence-electron chi connectivity index (χ0n) is 12.7. The molecule has 0 aliphatic carbocycles. The van der Waals surface area contributed by atoms with Crippen LogP contribution in [0.4, 0.5) is 4.39 Å². The van der Waals surface area contributed by atoms with Crippen LogP contribution < -0.4 is 0 Å². The van der Waals surface area contributed by atoms with Crippen molar-refractivity contribution in [3.8, 4) is 0 Å². The minimum absolute atomic E-state index is 0.232. The summed E-state index contributed by atoms with van der Waals surface area (Å²) in [5, 5.41) is 10.2. The highest BCUT2D eigenvalue weighted by Gasteiger charge is 2.13. The molecule has 24 heavy (non-hydrogen) atoms. The van der Waals surface area contributed by atoms with E-state index in [1.54, 1.807) is 12.1 Å². The average molecular weight is 403 g/mol. The van der Waals surface area contributed by atoms with Gasteiger partial charge in [-0.1, -0.05) is 39.8 Å². The lowest BCUT2D eigenvalue weighted by Gasteiger charge is -2.01. The number of thioether (sulfide) groups is 1. The van der Waals surface area contributed by atoms with Crippen LogP contribution >= 0.6 is 27.7 Å². The fraction of sp³-hybridized carbons (Fsp3) is 0.118. The van der Waals surface area contributed by atoms with E-state index in [9.17, 15) is 4.39 Å². The SMILES string of the molecule is Cn1c2ccc(Br)cc2c2nnc(SCc3ccc(F)cc3)nc21. The summed E-state index contributed by atoms with van der Waals surface area (Å²) in [6, 6.07) is 12.5. The third-order valence-electron chi connectivity index (χ3n) is 3.82. The Morgan fingerprint density at radius 2 is 1.92 bits per heavy atom. The third kappa shape index (κ3) is 2.78. The Morgan fingerprint density at radius 1 is 1.12 bits per heavy atom. The van der Waals surface area contributed by atoms with E-state index in [2.05, 4.69) is 31.1 Å². The fourth-order valence-electron chi connectivity index (χ4n) is 2.61. The largest absolute Gasteiger partial charge is 0.327 e.